The van der Waals surface area contributed by atoms with Crippen molar-refractivity contribution in [3.8, 4) is 5.75 Å². The van der Waals surface area contributed by atoms with Crippen molar-refractivity contribution in [2.45, 2.75) is 39.7 Å². The van der Waals surface area contributed by atoms with Gasteiger partial charge in [-0.25, -0.2) is 4.68 Å². The Bertz CT molecular complexity index is 1120. The molecule has 2 aromatic carbocycles. The molecule has 7 heteroatoms. The van der Waals surface area contributed by atoms with Crippen LogP contribution in [0.25, 0.3) is 0 Å². The summed E-state index contributed by atoms with van der Waals surface area (Å²) in [5.74, 6) is 1.21. The smallest absolute Gasteiger partial charge is 0.255 e. The number of carbonyl (C=O) groups excluding carboxylic acids is 1. The molecule has 0 saturated carbocycles. The summed E-state index contributed by atoms with van der Waals surface area (Å²) in [5.41, 5.74) is 4.03. The first-order valence-corrected chi connectivity index (χ1v) is 10.6. The number of hydrogen-bond acceptors (Lipinski definition) is 5. The maximum absolute atomic E-state index is 13.4. The molecule has 160 valence electrons. The molecule has 0 fully saturated rings. The highest BCUT2D eigenvalue weighted by molar-refractivity contribution is 6.06. The summed E-state index contributed by atoms with van der Waals surface area (Å²) in [6.07, 6.45) is 3.56. The number of ether oxygens (including phenoxy) is 1. The highest BCUT2D eigenvalue weighted by Gasteiger charge is 2.33. The van der Waals surface area contributed by atoms with Gasteiger partial charge < -0.3 is 15.4 Å². The monoisotopic (exact) mass is 417 g/mol. The third kappa shape index (κ3) is 4.30. The second-order valence-electron chi connectivity index (χ2n) is 7.64. The van der Waals surface area contributed by atoms with E-state index in [4.69, 9.17) is 4.74 Å². The number of benzene rings is 2. The Morgan fingerprint density at radius 3 is 2.84 bits per heavy atom. The average Bonchev–Trinajstić information content (AvgIpc) is 3.22. The van der Waals surface area contributed by atoms with Gasteiger partial charge in [-0.2, -0.15) is 10.1 Å². The molecule has 1 unspecified atom stereocenters. The largest absolute Gasteiger partial charge is 0.494 e. The lowest BCUT2D eigenvalue weighted by molar-refractivity contribution is -0.113. The number of nitrogens with zero attached hydrogens (tertiary/aromatic N) is 3. The van der Waals surface area contributed by atoms with E-state index in [0.717, 1.165) is 41.1 Å². The van der Waals surface area contributed by atoms with Gasteiger partial charge in [-0.05, 0) is 49.6 Å². The van der Waals surface area contributed by atoms with E-state index in [-0.39, 0.29) is 5.91 Å². The van der Waals surface area contributed by atoms with Crippen molar-refractivity contribution in [1.82, 2.24) is 14.8 Å². The zero-order valence-electron chi connectivity index (χ0n) is 18.1. The molecule has 1 amide bonds. The Morgan fingerprint density at radius 2 is 2.03 bits per heavy atom. The van der Waals surface area contributed by atoms with Gasteiger partial charge in [0.15, 0.2) is 0 Å². The van der Waals surface area contributed by atoms with Crippen molar-refractivity contribution < 1.29 is 9.53 Å². The maximum atomic E-state index is 13.4. The minimum Gasteiger partial charge on any atom is -0.494 e. The van der Waals surface area contributed by atoms with Crippen LogP contribution in [0.5, 0.6) is 5.75 Å². The summed E-state index contributed by atoms with van der Waals surface area (Å²) in [4.78, 5) is 17.7. The van der Waals surface area contributed by atoms with Crippen LogP contribution < -0.4 is 15.4 Å². The molecule has 2 N–H and O–H groups in total. The van der Waals surface area contributed by atoms with Crippen LogP contribution in [0.15, 0.2) is 66.1 Å². The van der Waals surface area contributed by atoms with Gasteiger partial charge in [-0.15, -0.1) is 0 Å². The zero-order chi connectivity index (χ0) is 21.8. The molecule has 0 spiro atoms. The van der Waals surface area contributed by atoms with Crippen LogP contribution in [0.1, 0.15) is 43.9 Å². The quantitative estimate of drug-likeness (QED) is 0.545. The summed E-state index contributed by atoms with van der Waals surface area (Å²) >= 11 is 0. The van der Waals surface area contributed by atoms with Gasteiger partial charge in [-0.1, -0.05) is 43.7 Å². The molecule has 3 aromatic rings. The van der Waals surface area contributed by atoms with E-state index in [1.54, 1.807) is 4.68 Å². The molecule has 2 heterocycles. The predicted molar refractivity (Wildman–Crippen MR) is 121 cm³/mol. The number of aromatic nitrogens is 3. The van der Waals surface area contributed by atoms with Crippen LogP contribution in [0.4, 0.5) is 11.6 Å². The minimum absolute atomic E-state index is 0.178. The van der Waals surface area contributed by atoms with E-state index in [1.807, 2.05) is 62.4 Å². The summed E-state index contributed by atoms with van der Waals surface area (Å²) in [7, 11) is 0. The van der Waals surface area contributed by atoms with Crippen molar-refractivity contribution >= 4 is 17.5 Å². The third-order valence-corrected chi connectivity index (χ3v) is 5.37. The maximum Gasteiger partial charge on any atom is 0.255 e. The normalized spacial score (nSPS) is 15.3. The van der Waals surface area contributed by atoms with Gasteiger partial charge in [0.2, 0.25) is 5.95 Å². The molecular weight excluding hydrogens is 390 g/mol. The summed E-state index contributed by atoms with van der Waals surface area (Å²) < 4.78 is 7.64. The first-order chi connectivity index (χ1) is 15.1. The number of nitrogens with one attached hydrogen (secondary N) is 2. The second-order valence-corrected chi connectivity index (χ2v) is 7.64. The Hall–Kier alpha value is -3.61. The molecule has 0 aliphatic carbocycles. The number of fused-ring (bicyclic) bond motifs is 1. The van der Waals surface area contributed by atoms with Crippen molar-refractivity contribution in [3.63, 3.8) is 0 Å². The number of para-hydroxylation sites is 1. The molecule has 31 heavy (non-hydrogen) atoms. The Morgan fingerprint density at radius 1 is 1.19 bits per heavy atom. The van der Waals surface area contributed by atoms with E-state index in [2.05, 4.69) is 27.6 Å². The van der Waals surface area contributed by atoms with Crippen molar-refractivity contribution in [2.24, 2.45) is 0 Å². The van der Waals surface area contributed by atoms with Gasteiger partial charge in [0.25, 0.3) is 5.91 Å². The van der Waals surface area contributed by atoms with Crippen molar-refractivity contribution in [3.05, 3.63) is 77.3 Å². The minimum atomic E-state index is -0.419. The number of rotatable bonds is 7. The van der Waals surface area contributed by atoms with E-state index >= 15 is 0 Å². The molecule has 1 aliphatic heterocycles. The Balaban J connectivity index is 1.71. The number of unbranched alkanes of at least 4 members (excludes halogenated alkanes) is 1. The molecule has 0 bridgehead atoms. The van der Waals surface area contributed by atoms with Gasteiger partial charge in [-0.3, -0.25) is 4.79 Å². The first kappa shape index (κ1) is 20.7. The lowest BCUT2D eigenvalue weighted by atomic mass is 9.94. The molecule has 1 aliphatic rings. The highest BCUT2D eigenvalue weighted by Crippen LogP contribution is 2.36. The fourth-order valence-corrected chi connectivity index (χ4v) is 3.70. The number of aryl methyl sites for hydroxylation is 1. The van der Waals surface area contributed by atoms with Gasteiger partial charge in [0.1, 0.15) is 18.1 Å². The number of hydrogen-bond donors (Lipinski definition) is 2. The van der Waals surface area contributed by atoms with Gasteiger partial charge >= 0.3 is 0 Å². The summed E-state index contributed by atoms with van der Waals surface area (Å²) in [5, 5.41) is 10.7. The summed E-state index contributed by atoms with van der Waals surface area (Å²) in [6, 6.07) is 15.2. The number of allylic oxidation sites excluding steroid dienone is 1. The number of anilines is 2. The molecule has 7 nitrogen and oxygen atoms in total. The number of amides is 1. The van der Waals surface area contributed by atoms with Gasteiger partial charge in [0, 0.05) is 11.4 Å². The fraction of sp³-hybridized carbons (Fsp3) is 0.292. The SMILES string of the molecule is CCCCOc1cccc(C2C(C(=O)Nc3ccccc3C)=C(C)Nc3ncnn32)c1. The lowest BCUT2D eigenvalue weighted by Crippen LogP contribution is -2.31. The van der Waals surface area contributed by atoms with Crippen LogP contribution in [-0.4, -0.2) is 27.3 Å². The zero-order valence-corrected chi connectivity index (χ0v) is 18.1. The fourth-order valence-electron chi connectivity index (χ4n) is 3.70. The van der Waals surface area contributed by atoms with Crippen LogP contribution in [0, 0.1) is 6.92 Å². The highest BCUT2D eigenvalue weighted by atomic mass is 16.5. The predicted octanol–water partition coefficient (Wildman–Crippen LogP) is 4.69. The van der Waals surface area contributed by atoms with Crippen LogP contribution in [0.2, 0.25) is 0 Å². The van der Waals surface area contributed by atoms with Crippen LogP contribution >= 0.6 is 0 Å². The Labute approximate surface area is 182 Å². The molecular formula is C24H27N5O2. The van der Waals surface area contributed by atoms with Gasteiger partial charge in [0.05, 0.1) is 12.2 Å². The van der Waals surface area contributed by atoms with E-state index in [0.29, 0.717) is 18.1 Å². The molecule has 4 rings (SSSR count). The van der Waals surface area contributed by atoms with Crippen molar-refractivity contribution in [1.29, 1.82) is 0 Å². The third-order valence-electron chi connectivity index (χ3n) is 5.37. The molecule has 1 atom stereocenters. The van der Waals surface area contributed by atoms with Crippen LogP contribution in [0.3, 0.4) is 0 Å². The van der Waals surface area contributed by atoms with E-state index in [1.165, 1.54) is 6.33 Å². The molecule has 1 aromatic heterocycles. The molecule has 0 saturated heterocycles. The summed E-state index contributed by atoms with van der Waals surface area (Å²) in [6.45, 7) is 6.66. The van der Waals surface area contributed by atoms with Crippen molar-refractivity contribution in [2.75, 3.05) is 17.2 Å². The van der Waals surface area contributed by atoms with E-state index in [9.17, 15) is 4.79 Å². The lowest BCUT2D eigenvalue weighted by Gasteiger charge is -2.29. The molecule has 0 radical (unpaired) electrons. The second kappa shape index (κ2) is 9.04. The average molecular weight is 418 g/mol. The van der Waals surface area contributed by atoms with Crippen LogP contribution in [-0.2, 0) is 4.79 Å². The topological polar surface area (TPSA) is 81.1 Å². The standard InChI is InChI=1S/C24H27N5O2/c1-4-5-13-31-19-11-8-10-18(14-19)22-21(17(3)27-24-25-15-26-29(22)24)23(30)28-20-12-7-6-9-16(20)2/h6-12,14-15,22H,4-5,13H2,1-3H3,(H,28,30)(H,25,26,27). The van der Waals surface area contributed by atoms with E-state index < -0.39 is 6.04 Å². The first-order valence-electron chi connectivity index (χ1n) is 10.6. The number of carbonyl (C=O) groups is 1. The Kier molecular flexibility index (Phi) is 6.02.